The summed E-state index contributed by atoms with van der Waals surface area (Å²) < 4.78 is 0. The summed E-state index contributed by atoms with van der Waals surface area (Å²) in [6.07, 6.45) is 3.86. The molecule has 2 aromatic rings. The van der Waals surface area contributed by atoms with Gasteiger partial charge in [0, 0.05) is 11.5 Å². The van der Waals surface area contributed by atoms with Crippen LogP contribution in [0.25, 0.3) is 0 Å². The van der Waals surface area contributed by atoms with Crippen LogP contribution in [-0.2, 0) is 28.9 Å². The molecule has 9 nitrogen and oxygen atoms in total. The average Bonchev–Trinajstić information content (AvgIpc) is 2.95. The Morgan fingerprint density at radius 1 is 1.02 bits per heavy atom. The van der Waals surface area contributed by atoms with E-state index in [9.17, 15) is 34.8 Å². The van der Waals surface area contributed by atoms with Gasteiger partial charge in [-0.15, -0.1) is 0 Å². The zero-order valence-corrected chi connectivity index (χ0v) is 25.1. The van der Waals surface area contributed by atoms with Gasteiger partial charge in [-0.25, -0.2) is 0 Å². The second-order valence-electron chi connectivity index (χ2n) is 12.3. The number of aryl methyl sites for hydroxylation is 2. The largest absolute Gasteiger partial charge is 0.510 e. The SMILES string of the molecule is CCC(CC)c1ccc(CCc2ccc(O)c3c2C[C@H]2C[C@H]4[C@H](N(C)C)C(O)=C(C(N)=O)C(=O)[C@@]4(O)C(O)=C2C3=O)cc1. The van der Waals surface area contributed by atoms with E-state index in [1.807, 2.05) is 6.07 Å². The van der Waals surface area contributed by atoms with Crippen molar-refractivity contribution in [3.8, 4) is 5.75 Å². The number of carbonyl (C=O) groups is 3. The minimum atomic E-state index is -2.64. The predicted octanol–water partition coefficient (Wildman–Crippen LogP) is 3.81. The molecule has 0 spiro atoms. The number of hydrogen-bond donors (Lipinski definition) is 5. The number of hydrogen-bond acceptors (Lipinski definition) is 8. The number of aromatic hydroxyl groups is 1. The normalized spacial score (nSPS) is 25.2. The van der Waals surface area contributed by atoms with Gasteiger partial charge in [0.1, 0.15) is 22.8 Å². The molecule has 0 bridgehead atoms. The number of nitrogens with two attached hydrogens (primary N) is 1. The summed E-state index contributed by atoms with van der Waals surface area (Å²) in [5.74, 6) is -5.94. The second kappa shape index (κ2) is 11.3. The molecule has 43 heavy (non-hydrogen) atoms. The molecule has 0 aromatic heterocycles. The molecule has 3 aliphatic carbocycles. The summed E-state index contributed by atoms with van der Waals surface area (Å²) in [6, 6.07) is 10.9. The van der Waals surface area contributed by atoms with Crippen molar-refractivity contribution in [2.45, 2.75) is 69.9 Å². The van der Waals surface area contributed by atoms with Gasteiger partial charge >= 0.3 is 0 Å². The molecule has 1 amide bonds. The van der Waals surface area contributed by atoms with E-state index in [4.69, 9.17) is 5.73 Å². The Labute approximate surface area is 251 Å². The van der Waals surface area contributed by atoms with E-state index in [1.54, 1.807) is 19.0 Å². The molecule has 0 saturated heterocycles. The van der Waals surface area contributed by atoms with Gasteiger partial charge in [0.2, 0.25) is 5.78 Å². The van der Waals surface area contributed by atoms with E-state index in [2.05, 4.69) is 38.1 Å². The number of ketones is 2. The number of nitrogens with zero attached hydrogens (tertiary/aromatic N) is 1. The number of aliphatic hydroxyl groups is 3. The van der Waals surface area contributed by atoms with Crippen molar-refractivity contribution in [1.29, 1.82) is 0 Å². The number of amides is 1. The quantitative estimate of drug-likeness (QED) is 0.291. The van der Waals surface area contributed by atoms with Crippen LogP contribution < -0.4 is 5.73 Å². The molecule has 0 heterocycles. The molecule has 4 atom stereocenters. The zero-order chi connectivity index (χ0) is 31.4. The average molecular weight is 589 g/mol. The topological polar surface area (TPSA) is 161 Å². The Hall–Kier alpha value is -3.95. The van der Waals surface area contributed by atoms with Crippen molar-refractivity contribution >= 4 is 17.5 Å². The van der Waals surface area contributed by atoms with E-state index in [0.29, 0.717) is 17.9 Å². The molecule has 2 aromatic carbocycles. The van der Waals surface area contributed by atoms with Crippen LogP contribution in [0.5, 0.6) is 5.75 Å². The summed E-state index contributed by atoms with van der Waals surface area (Å²) in [5.41, 5.74) is 5.88. The third-order valence-corrected chi connectivity index (χ3v) is 9.82. The second-order valence-corrected chi connectivity index (χ2v) is 12.3. The maximum atomic E-state index is 13.9. The minimum absolute atomic E-state index is 0.0439. The lowest BCUT2D eigenvalue weighted by Crippen LogP contribution is -2.63. The molecular formula is C34H40N2O7. The summed E-state index contributed by atoms with van der Waals surface area (Å²) in [7, 11) is 3.22. The Morgan fingerprint density at radius 2 is 1.67 bits per heavy atom. The van der Waals surface area contributed by atoms with E-state index in [0.717, 1.165) is 30.4 Å². The summed E-state index contributed by atoms with van der Waals surface area (Å²) in [6.45, 7) is 4.38. The highest BCUT2D eigenvalue weighted by molar-refractivity contribution is 6.24. The van der Waals surface area contributed by atoms with E-state index in [1.165, 1.54) is 11.6 Å². The van der Waals surface area contributed by atoms with Crippen LogP contribution in [0.1, 0.15) is 71.6 Å². The zero-order valence-electron chi connectivity index (χ0n) is 25.1. The lowest BCUT2D eigenvalue weighted by atomic mass is 9.58. The van der Waals surface area contributed by atoms with Gasteiger partial charge in [-0.2, -0.15) is 0 Å². The fourth-order valence-electron chi connectivity index (χ4n) is 7.54. The van der Waals surface area contributed by atoms with Crippen LogP contribution in [0.2, 0.25) is 0 Å². The maximum Gasteiger partial charge on any atom is 0.255 e. The van der Waals surface area contributed by atoms with Crippen molar-refractivity contribution in [2.75, 3.05) is 14.1 Å². The smallest absolute Gasteiger partial charge is 0.255 e. The summed E-state index contributed by atoms with van der Waals surface area (Å²) in [5, 5.41) is 44.9. The molecule has 6 N–H and O–H groups in total. The van der Waals surface area contributed by atoms with Gasteiger partial charge in [-0.3, -0.25) is 19.3 Å². The number of phenols is 1. The number of fused-ring (bicyclic) bond motifs is 3. The maximum absolute atomic E-state index is 13.9. The lowest BCUT2D eigenvalue weighted by molar-refractivity contribution is -0.148. The highest BCUT2D eigenvalue weighted by Gasteiger charge is 2.63. The highest BCUT2D eigenvalue weighted by Crippen LogP contribution is 2.52. The number of primary amides is 1. The van der Waals surface area contributed by atoms with Crippen LogP contribution in [0.15, 0.2) is 59.1 Å². The first-order valence-corrected chi connectivity index (χ1v) is 14.9. The Bertz CT molecular complexity index is 1550. The molecule has 9 heteroatoms. The first kappa shape index (κ1) is 30.5. The van der Waals surface area contributed by atoms with Gasteiger partial charge in [0.25, 0.3) is 5.91 Å². The molecule has 5 rings (SSSR count). The molecule has 0 fully saturated rings. The van der Waals surface area contributed by atoms with Crippen molar-refractivity contribution in [3.05, 3.63) is 86.9 Å². The van der Waals surface area contributed by atoms with Crippen molar-refractivity contribution in [2.24, 2.45) is 17.6 Å². The van der Waals surface area contributed by atoms with Gasteiger partial charge in [0.15, 0.2) is 11.4 Å². The van der Waals surface area contributed by atoms with Gasteiger partial charge in [0.05, 0.1) is 11.6 Å². The Kier molecular flexibility index (Phi) is 8.00. The molecule has 0 aliphatic heterocycles. The van der Waals surface area contributed by atoms with Gasteiger partial charge in [-0.1, -0.05) is 44.2 Å². The summed E-state index contributed by atoms with van der Waals surface area (Å²) >= 11 is 0. The molecule has 0 radical (unpaired) electrons. The van der Waals surface area contributed by atoms with Crippen molar-refractivity contribution in [3.63, 3.8) is 0 Å². The minimum Gasteiger partial charge on any atom is -0.510 e. The summed E-state index contributed by atoms with van der Waals surface area (Å²) in [4.78, 5) is 41.1. The number of aliphatic hydroxyl groups excluding tert-OH is 2. The number of rotatable bonds is 8. The fourth-order valence-corrected chi connectivity index (χ4v) is 7.54. The van der Waals surface area contributed by atoms with Crippen molar-refractivity contribution < 1.29 is 34.8 Å². The first-order chi connectivity index (χ1) is 20.4. The van der Waals surface area contributed by atoms with Gasteiger partial charge in [-0.05, 0) is 92.8 Å². The lowest BCUT2D eigenvalue weighted by Gasteiger charge is -2.50. The molecular weight excluding hydrogens is 548 g/mol. The van der Waals surface area contributed by atoms with Crippen LogP contribution in [0.4, 0.5) is 0 Å². The third-order valence-electron chi connectivity index (χ3n) is 9.82. The number of allylic oxidation sites excluding steroid dienone is 1. The number of benzene rings is 2. The number of Topliss-reactive ketones (excluding diaryl/α,β-unsaturated/α-hetero) is 2. The third kappa shape index (κ3) is 4.75. The first-order valence-electron chi connectivity index (χ1n) is 14.9. The molecule has 0 unspecified atom stereocenters. The highest BCUT2D eigenvalue weighted by atomic mass is 16.3. The molecule has 228 valence electrons. The fraction of sp³-hybridized carbons (Fsp3) is 0.441. The van der Waals surface area contributed by atoms with Crippen LogP contribution in [0, 0.1) is 11.8 Å². The standard InChI is InChI=1S/C34H40N2O7/c1-5-18(6-2)19-10-7-17(8-11-19)9-12-20-13-14-24(37)26-22(20)15-21-16-23-28(36(3)4)30(39)27(33(35)42)32(41)34(23,43)31(40)25(21)29(26)38/h7-8,10-11,13-14,18,21,23,28,37,39-40,43H,5-6,9,12,15-16H2,1-4H3,(H2,35,42)/t21-,23-,28-,34-/m0/s1. The van der Waals surface area contributed by atoms with Crippen molar-refractivity contribution in [1.82, 2.24) is 4.90 Å². The van der Waals surface area contributed by atoms with E-state index in [-0.39, 0.29) is 29.7 Å². The Balaban J connectivity index is 1.52. The number of phenolic OH excluding ortho intramolecular Hbond substituents is 1. The number of likely N-dealkylation sites (N-methyl/N-ethyl adjacent to an activating group) is 1. The number of carbonyl (C=O) groups excluding carboxylic acids is 3. The molecule has 0 saturated carbocycles. The monoisotopic (exact) mass is 588 g/mol. The van der Waals surface area contributed by atoms with E-state index < -0.39 is 58.0 Å². The van der Waals surface area contributed by atoms with Crippen LogP contribution in [0.3, 0.4) is 0 Å². The van der Waals surface area contributed by atoms with Crippen LogP contribution >= 0.6 is 0 Å². The van der Waals surface area contributed by atoms with E-state index >= 15 is 0 Å². The molecule has 3 aliphatic rings. The van der Waals surface area contributed by atoms with Gasteiger partial charge < -0.3 is 26.2 Å². The Morgan fingerprint density at radius 3 is 2.26 bits per heavy atom. The van der Waals surface area contributed by atoms with Crippen LogP contribution in [-0.4, -0.2) is 68.5 Å². The predicted molar refractivity (Wildman–Crippen MR) is 161 cm³/mol.